The molecule has 2 nitrogen and oxygen atoms in total. The third-order valence-corrected chi connectivity index (χ3v) is 2.95. The van der Waals surface area contributed by atoms with Crippen LogP contribution in [0.3, 0.4) is 0 Å². The molecule has 0 aliphatic rings. The summed E-state index contributed by atoms with van der Waals surface area (Å²) in [6, 6.07) is 7.96. The van der Waals surface area contributed by atoms with Crippen molar-refractivity contribution in [3.8, 4) is 0 Å². The quantitative estimate of drug-likeness (QED) is 0.764. The Bertz CT molecular complexity index is 265. The number of rotatable bonds is 4. The summed E-state index contributed by atoms with van der Waals surface area (Å²) in [4.78, 5) is 0. The topological polar surface area (TPSA) is 40.5 Å². The number of hydrogen-bond donors (Lipinski definition) is 2. The molecule has 0 saturated heterocycles. The maximum Gasteiger partial charge on any atom is 0.0550 e. The van der Waals surface area contributed by atoms with Crippen molar-refractivity contribution < 1.29 is 10.2 Å². The van der Waals surface area contributed by atoms with Gasteiger partial charge in [-0.25, -0.2) is 0 Å². The number of aliphatic hydroxyl groups excluding tert-OH is 2. The molecule has 0 aromatic heterocycles. The lowest BCUT2D eigenvalue weighted by Gasteiger charge is -2.29. The lowest BCUT2D eigenvalue weighted by Crippen LogP contribution is -2.33. The molecular weight excluding hydrogens is 176 g/mol. The Hall–Kier alpha value is -0.860. The lowest BCUT2D eigenvalue weighted by atomic mass is 9.79. The van der Waals surface area contributed by atoms with Crippen LogP contribution in [-0.2, 0) is 5.41 Å². The summed E-state index contributed by atoms with van der Waals surface area (Å²) in [6.45, 7) is 3.98. The smallest absolute Gasteiger partial charge is 0.0550 e. The first-order valence-corrected chi connectivity index (χ1v) is 4.97. The van der Waals surface area contributed by atoms with E-state index in [-0.39, 0.29) is 13.2 Å². The Balaban J connectivity index is 3.05. The highest BCUT2D eigenvalue weighted by Crippen LogP contribution is 2.27. The molecule has 0 fully saturated rings. The third kappa shape index (κ3) is 1.97. The van der Waals surface area contributed by atoms with Gasteiger partial charge in [-0.05, 0) is 18.9 Å². The number of aryl methyl sites for hydroxylation is 1. The van der Waals surface area contributed by atoms with E-state index in [9.17, 15) is 10.2 Å². The van der Waals surface area contributed by atoms with Crippen LogP contribution < -0.4 is 0 Å². The molecule has 0 aliphatic carbocycles. The maximum absolute atomic E-state index is 9.34. The van der Waals surface area contributed by atoms with Crippen molar-refractivity contribution in [2.75, 3.05) is 13.2 Å². The maximum atomic E-state index is 9.34. The first-order chi connectivity index (χ1) is 6.68. The van der Waals surface area contributed by atoms with Gasteiger partial charge in [-0.15, -0.1) is 0 Å². The summed E-state index contributed by atoms with van der Waals surface area (Å²) in [5.74, 6) is 0. The molecule has 1 aromatic carbocycles. The van der Waals surface area contributed by atoms with Gasteiger partial charge in [-0.3, -0.25) is 0 Å². The largest absolute Gasteiger partial charge is 0.395 e. The molecule has 0 bridgehead atoms. The van der Waals surface area contributed by atoms with E-state index in [0.717, 1.165) is 12.0 Å². The van der Waals surface area contributed by atoms with E-state index in [0.29, 0.717) is 0 Å². The van der Waals surface area contributed by atoms with E-state index < -0.39 is 5.41 Å². The predicted octanol–water partition coefficient (Wildman–Crippen LogP) is 1.63. The molecule has 0 amide bonds. The van der Waals surface area contributed by atoms with Crippen molar-refractivity contribution in [1.29, 1.82) is 0 Å². The summed E-state index contributed by atoms with van der Waals surface area (Å²) in [6.07, 6.45) is 0.739. The fourth-order valence-corrected chi connectivity index (χ4v) is 1.57. The minimum atomic E-state index is -0.478. The summed E-state index contributed by atoms with van der Waals surface area (Å²) in [5, 5.41) is 18.7. The molecule has 0 aliphatic heterocycles. The van der Waals surface area contributed by atoms with Crippen molar-refractivity contribution in [2.24, 2.45) is 0 Å². The Kier molecular flexibility index (Phi) is 3.67. The third-order valence-electron chi connectivity index (χ3n) is 2.95. The van der Waals surface area contributed by atoms with Crippen molar-refractivity contribution in [3.63, 3.8) is 0 Å². The minimum absolute atomic E-state index is 0.0109. The predicted molar refractivity (Wildman–Crippen MR) is 57.3 cm³/mol. The van der Waals surface area contributed by atoms with Gasteiger partial charge in [0.2, 0.25) is 0 Å². The van der Waals surface area contributed by atoms with Gasteiger partial charge in [-0.2, -0.15) is 0 Å². The first kappa shape index (κ1) is 11.2. The summed E-state index contributed by atoms with van der Waals surface area (Å²) >= 11 is 0. The zero-order valence-electron chi connectivity index (χ0n) is 8.83. The van der Waals surface area contributed by atoms with Crippen LogP contribution in [-0.4, -0.2) is 23.4 Å². The fraction of sp³-hybridized carbons (Fsp3) is 0.500. The molecule has 0 heterocycles. The molecule has 0 radical (unpaired) electrons. The van der Waals surface area contributed by atoms with Gasteiger partial charge < -0.3 is 10.2 Å². The minimum Gasteiger partial charge on any atom is -0.395 e. The van der Waals surface area contributed by atoms with E-state index in [1.165, 1.54) is 5.56 Å². The molecule has 0 atom stereocenters. The van der Waals surface area contributed by atoms with E-state index in [1.54, 1.807) is 0 Å². The number of hydrogen-bond acceptors (Lipinski definition) is 2. The second-order valence-corrected chi connectivity index (χ2v) is 3.82. The molecule has 1 aromatic rings. The average Bonchev–Trinajstić information content (AvgIpc) is 2.24. The van der Waals surface area contributed by atoms with E-state index in [2.05, 4.69) is 0 Å². The molecule has 2 heteroatoms. The van der Waals surface area contributed by atoms with Gasteiger partial charge in [0.25, 0.3) is 0 Å². The highest BCUT2D eigenvalue weighted by Gasteiger charge is 2.28. The summed E-state index contributed by atoms with van der Waals surface area (Å²) in [5.41, 5.74) is 1.72. The van der Waals surface area contributed by atoms with E-state index in [4.69, 9.17) is 0 Å². The Morgan fingerprint density at radius 1 is 1.07 bits per heavy atom. The average molecular weight is 194 g/mol. The highest BCUT2D eigenvalue weighted by molar-refractivity contribution is 5.29. The van der Waals surface area contributed by atoms with Crippen molar-refractivity contribution >= 4 is 0 Å². The van der Waals surface area contributed by atoms with E-state index in [1.807, 2.05) is 38.1 Å². The van der Waals surface area contributed by atoms with Crippen molar-refractivity contribution in [2.45, 2.75) is 25.7 Å². The van der Waals surface area contributed by atoms with Crippen LogP contribution in [0, 0.1) is 6.92 Å². The van der Waals surface area contributed by atoms with Gasteiger partial charge in [0.15, 0.2) is 0 Å². The van der Waals surface area contributed by atoms with Gasteiger partial charge in [0.1, 0.15) is 0 Å². The second-order valence-electron chi connectivity index (χ2n) is 3.82. The van der Waals surface area contributed by atoms with Crippen LogP contribution in [0.2, 0.25) is 0 Å². The molecule has 0 saturated carbocycles. The Morgan fingerprint density at radius 2 is 1.57 bits per heavy atom. The first-order valence-electron chi connectivity index (χ1n) is 4.97. The number of benzene rings is 1. The molecule has 0 unspecified atom stereocenters. The van der Waals surface area contributed by atoms with Crippen molar-refractivity contribution in [1.82, 2.24) is 0 Å². The molecule has 14 heavy (non-hydrogen) atoms. The SMILES string of the molecule is CCC(CO)(CO)c1ccc(C)cc1. The van der Waals surface area contributed by atoms with Crippen LogP contribution >= 0.6 is 0 Å². The molecule has 2 N–H and O–H groups in total. The molecule has 78 valence electrons. The van der Waals surface area contributed by atoms with Gasteiger partial charge >= 0.3 is 0 Å². The van der Waals surface area contributed by atoms with Crippen LogP contribution in [0.25, 0.3) is 0 Å². The lowest BCUT2D eigenvalue weighted by molar-refractivity contribution is 0.113. The second kappa shape index (κ2) is 4.58. The molecular formula is C12H18O2. The van der Waals surface area contributed by atoms with Gasteiger partial charge in [-0.1, -0.05) is 36.8 Å². The van der Waals surface area contributed by atoms with Crippen LogP contribution in [0.5, 0.6) is 0 Å². The Morgan fingerprint density at radius 3 is 1.93 bits per heavy atom. The summed E-state index contributed by atoms with van der Waals surface area (Å²) in [7, 11) is 0. The van der Waals surface area contributed by atoms with Crippen LogP contribution in [0.4, 0.5) is 0 Å². The Labute approximate surface area is 85.2 Å². The van der Waals surface area contributed by atoms with E-state index >= 15 is 0 Å². The zero-order chi connectivity index (χ0) is 10.6. The zero-order valence-corrected chi connectivity index (χ0v) is 8.83. The van der Waals surface area contributed by atoms with Crippen molar-refractivity contribution in [3.05, 3.63) is 35.4 Å². The monoisotopic (exact) mass is 194 g/mol. The van der Waals surface area contributed by atoms with Gasteiger partial charge in [0, 0.05) is 5.41 Å². The number of aliphatic hydroxyl groups is 2. The van der Waals surface area contributed by atoms with Crippen LogP contribution in [0.1, 0.15) is 24.5 Å². The fourth-order valence-electron chi connectivity index (χ4n) is 1.57. The summed E-state index contributed by atoms with van der Waals surface area (Å²) < 4.78 is 0. The van der Waals surface area contributed by atoms with Gasteiger partial charge in [0.05, 0.1) is 13.2 Å². The molecule has 1 rings (SSSR count). The molecule has 0 spiro atoms. The standard InChI is InChI=1S/C12H18O2/c1-3-12(8-13,9-14)11-6-4-10(2)5-7-11/h4-7,13-14H,3,8-9H2,1-2H3. The van der Waals surface area contributed by atoms with Crippen LogP contribution in [0.15, 0.2) is 24.3 Å². The highest BCUT2D eigenvalue weighted by atomic mass is 16.3. The normalized spacial score (nSPS) is 11.7.